The number of carbonyl (C=O) groups excluding carboxylic acids is 2. The second-order valence-corrected chi connectivity index (χ2v) is 4.71. The van der Waals surface area contributed by atoms with Gasteiger partial charge in [-0.15, -0.1) is 0 Å². The molecule has 1 atom stereocenters. The zero-order valence-electron chi connectivity index (χ0n) is 12.3. The molecule has 8 nitrogen and oxygen atoms in total. The molecule has 1 unspecified atom stereocenters. The van der Waals surface area contributed by atoms with Crippen LogP contribution in [0.4, 0.5) is 5.82 Å². The van der Waals surface area contributed by atoms with Gasteiger partial charge in [0.2, 0.25) is 11.7 Å². The first kappa shape index (κ1) is 15.2. The van der Waals surface area contributed by atoms with Gasteiger partial charge in [0, 0.05) is 38.4 Å². The van der Waals surface area contributed by atoms with E-state index in [4.69, 9.17) is 0 Å². The van der Waals surface area contributed by atoms with Gasteiger partial charge in [0.05, 0.1) is 7.11 Å². The first-order chi connectivity index (χ1) is 10.1. The molecule has 1 aromatic heterocycles. The van der Waals surface area contributed by atoms with Crippen molar-refractivity contribution in [3.05, 3.63) is 17.6 Å². The zero-order chi connectivity index (χ0) is 15.4. The number of ether oxygens (including phenoxy) is 1. The van der Waals surface area contributed by atoms with Crippen molar-refractivity contribution in [2.45, 2.75) is 13.0 Å². The number of rotatable bonds is 3. The van der Waals surface area contributed by atoms with Crippen molar-refractivity contribution in [3.8, 4) is 0 Å². The number of methoxy groups -OCH3 is 1. The number of esters is 1. The maximum atomic E-state index is 12.0. The second-order valence-electron chi connectivity index (χ2n) is 4.71. The molecule has 8 heteroatoms. The lowest BCUT2D eigenvalue weighted by Crippen LogP contribution is -2.58. The Balaban J connectivity index is 2.36. The van der Waals surface area contributed by atoms with Gasteiger partial charge < -0.3 is 20.3 Å². The molecule has 1 saturated heterocycles. The van der Waals surface area contributed by atoms with E-state index in [1.54, 1.807) is 20.0 Å². The number of hydrogen-bond donors (Lipinski definition) is 2. The molecular weight excluding hydrogens is 274 g/mol. The van der Waals surface area contributed by atoms with E-state index in [-0.39, 0.29) is 17.8 Å². The molecule has 1 aliphatic heterocycles. The van der Waals surface area contributed by atoms with Crippen molar-refractivity contribution in [2.75, 3.05) is 38.7 Å². The van der Waals surface area contributed by atoms with Crippen LogP contribution in [0.1, 0.15) is 16.3 Å². The number of anilines is 1. The summed E-state index contributed by atoms with van der Waals surface area (Å²) in [5, 5.41) is 5.82. The first-order valence-electron chi connectivity index (χ1n) is 6.69. The fraction of sp³-hybridized carbons (Fsp3) is 0.538. The molecule has 0 saturated carbocycles. The number of nitrogens with one attached hydrogen (secondary N) is 2. The van der Waals surface area contributed by atoms with E-state index in [2.05, 4.69) is 25.3 Å². The molecule has 21 heavy (non-hydrogen) atoms. The molecule has 114 valence electrons. The maximum Gasteiger partial charge on any atom is 0.376 e. The molecule has 1 aliphatic rings. The molecule has 1 amide bonds. The van der Waals surface area contributed by atoms with Gasteiger partial charge in [0.1, 0.15) is 11.9 Å². The molecule has 2 N–H and O–H groups in total. The Morgan fingerprint density at radius 2 is 2.24 bits per heavy atom. The summed E-state index contributed by atoms with van der Waals surface area (Å²) in [5.74, 6) is -0.135. The van der Waals surface area contributed by atoms with E-state index in [1.165, 1.54) is 7.11 Å². The Morgan fingerprint density at radius 3 is 2.90 bits per heavy atom. The Kier molecular flexibility index (Phi) is 4.69. The number of hydrogen-bond acceptors (Lipinski definition) is 7. The monoisotopic (exact) mass is 293 g/mol. The summed E-state index contributed by atoms with van der Waals surface area (Å²) in [4.78, 5) is 33.8. The molecule has 0 aliphatic carbocycles. The van der Waals surface area contributed by atoms with Crippen LogP contribution in [0.5, 0.6) is 0 Å². The topological polar surface area (TPSA) is 96.5 Å². The standard InChI is InChI=1S/C13H19N5O3/c1-8-6-10(17-11(16-8)13(20)21-3)18-5-4-15-7-9(18)12(19)14-2/h6,9,15H,4-5,7H2,1-3H3,(H,14,19). The highest BCUT2D eigenvalue weighted by Gasteiger charge is 2.29. The van der Waals surface area contributed by atoms with E-state index in [0.29, 0.717) is 24.6 Å². The molecule has 2 heterocycles. The SMILES string of the molecule is CNC(=O)C1CNCCN1c1cc(C)nc(C(=O)OC)n1. The molecule has 1 aromatic rings. The summed E-state index contributed by atoms with van der Waals surface area (Å²) < 4.78 is 4.65. The van der Waals surface area contributed by atoms with Crippen molar-refractivity contribution in [1.82, 2.24) is 20.6 Å². The lowest BCUT2D eigenvalue weighted by molar-refractivity contribution is -0.122. The fourth-order valence-corrected chi connectivity index (χ4v) is 2.26. The predicted molar refractivity (Wildman–Crippen MR) is 76.2 cm³/mol. The Morgan fingerprint density at radius 1 is 1.48 bits per heavy atom. The van der Waals surface area contributed by atoms with Gasteiger partial charge in [-0.25, -0.2) is 14.8 Å². The van der Waals surface area contributed by atoms with Crippen molar-refractivity contribution >= 4 is 17.7 Å². The average molecular weight is 293 g/mol. The van der Waals surface area contributed by atoms with E-state index in [1.807, 2.05) is 4.90 Å². The molecule has 2 rings (SSSR count). The van der Waals surface area contributed by atoms with Gasteiger partial charge in [0.25, 0.3) is 0 Å². The van der Waals surface area contributed by atoms with Crippen molar-refractivity contribution in [3.63, 3.8) is 0 Å². The van der Waals surface area contributed by atoms with Gasteiger partial charge in [0.15, 0.2) is 0 Å². The molecule has 0 radical (unpaired) electrons. The van der Waals surface area contributed by atoms with Crippen molar-refractivity contribution < 1.29 is 14.3 Å². The van der Waals surface area contributed by atoms with Gasteiger partial charge in [-0.3, -0.25) is 4.79 Å². The van der Waals surface area contributed by atoms with Crippen LogP contribution in [0.2, 0.25) is 0 Å². The Bertz CT molecular complexity index is 549. The fourth-order valence-electron chi connectivity index (χ4n) is 2.26. The third-order valence-electron chi connectivity index (χ3n) is 3.30. The van der Waals surface area contributed by atoms with Gasteiger partial charge >= 0.3 is 5.97 Å². The largest absolute Gasteiger partial charge is 0.463 e. The van der Waals surface area contributed by atoms with Crippen LogP contribution in [0, 0.1) is 6.92 Å². The van der Waals surface area contributed by atoms with E-state index >= 15 is 0 Å². The van der Waals surface area contributed by atoms with Crippen LogP contribution in [-0.2, 0) is 9.53 Å². The summed E-state index contributed by atoms with van der Waals surface area (Å²) in [6, 6.07) is 1.39. The summed E-state index contributed by atoms with van der Waals surface area (Å²) in [5.41, 5.74) is 0.648. The normalized spacial score (nSPS) is 18.2. The van der Waals surface area contributed by atoms with E-state index < -0.39 is 5.97 Å². The number of likely N-dealkylation sites (N-methyl/N-ethyl adjacent to an activating group) is 1. The van der Waals surface area contributed by atoms with Crippen LogP contribution in [0.15, 0.2) is 6.07 Å². The van der Waals surface area contributed by atoms with Gasteiger partial charge in [-0.2, -0.15) is 0 Å². The van der Waals surface area contributed by atoms with Crippen LogP contribution >= 0.6 is 0 Å². The quantitative estimate of drug-likeness (QED) is 0.697. The third kappa shape index (κ3) is 3.27. The maximum absolute atomic E-state index is 12.0. The first-order valence-corrected chi connectivity index (χ1v) is 6.69. The lowest BCUT2D eigenvalue weighted by Gasteiger charge is -2.35. The smallest absolute Gasteiger partial charge is 0.376 e. The van der Waals surface area contributed by atoms with Crippen LogP contribution in [0.25, 0.3) is 0 Å². The minimum atomic E-state index is -0.591. The summed E-state index contributed by atoms with van der Waals surface area (Å²) >= 11 is 0. The number of piperazine rings is 1. The number of amides is 1. The third-order valence-corrected chi connectivity index (χ3v) is 3.30. The summed E-state index contributed by atoms with van der Waals surface area (Å²) in [7, 11) is 2.88. The van der Waals surface area contributed by atoms with Gasteiger partial charge in [-0.05, 0) is 6.92 Å². The Hall–Kier alpha value is -2.22. The number of nitrogens with zero attached hydrogens (tertiary/aromatic N) is 3. The number of aryl methyl sites for hydroxylation is 1. The van der Waals surface area contributed by atoms with E-state index in [9.17, 15) is 9.59 Å². The van der Waals surface area contributed by atoms with Gasteiger partial charge in [-0.1, -0.05) is 0 Å². The molecule has 0 bridgehead atoms. The minimum absolute atomic E-state index is 0.00156. The molecule has 0 aromatic carbocycles. The van der Waals surface area contributed by atoms with Crippen molar-refractivity contribution in [1.29, 1.82) is 0 Å². The molecular formula is C13H19N5O3. The highest BCUT2D eigenvalue weighted by atomic mass is 16.5. The lowest BCUT2D eigenvalue weighted by atomic mass is 10.1. The number of carbonyl (C=O) groups is 2. The molecule has 0 spiro atoms. The minimum Gasteiger partial charge on any atom is -0.463 e. The predicted octanol–water partition coefficient (Wildman–Crippen LogP) is -0.904. The van der Waals surface area contributed by atoms with E-state index in [0.717, 1.165) is 6.54 Å². The zero-order valence-corrected chi connectivity index (χ0v) is 12.3. The summed E-state index contributed by atoms with van der Waals surface area (Å²) in [6.07, 6.45) is 0. The number of aromatic nitrogens is 2. The van der Waals surface area contributed by atoms with Crippen LogP contribution < -0.4 is 15.5 Å². The summed E-state index contributed by atoms with van der Waals surface area (Å²) in [6.45, 7) is 3.66. The Labute approximate surface area is 122 Å². The molecule has 1 fully saturated rings. The second kappa shape index (κ2) is 6.49. The average Bonchev–Trinajstić information content (AvgIpc) is 2.52. The van der Waals surface area contributed by atoms with Crippen LogP contribution in [0.3, 0.4) is 0 Å². The highest BCUT2D eigenvalue weighted by molar-refractivity contribution is 5.87. The van der Waals surface area contributed by atoms with Crippen molar-refractivity contribution in [2.24, 2.45) is 0 Å². The van der Waals surface area contributed by atoms with Crippen LogP contribution in [-0.4, -0.2) is 61.7 Å². The highest BCUT2D eigenvalue weighted by Crippen LogP contribution is 2.17.